The molecule has 0 aromatic heterocycles. The lowest BCUT2D eigenvalue weighted by Gasteiger charge is -2.27. The van der Waals surface area contributed by atoms with Crippen molar-refractivity contribution < 1.29 is 0 Å². The van der Waals surface area contributed by atoms with Crippen LogP contribution in [0, 0.1) is 27.7 Å². The smallest absolute Gasteiger partial charge is 0.0462 e. The zero-order valence-electron chi connectivity index (χ0n) is 32.8. The first-order valence-corrected chi connectivity index (χ1v) is 19.9. The second-order valence-electron chi connectivity index (χ2n) is 15.5. The Balaban J connectivity index is 1.11. The molecule has 272 valence electrons. The van der Waals surface area contributed by atoms with Gasteiger partial charge in [0.25, 0.3) is 0 Å². The summed E-state index contributed by atoms with van der Waals surface area (Å²) in [5.41, 5.74) is 16.2. The molecular weight excluding hydrogens is 687 g/mol. The zero-order valence-corrected chi connectivity index (χ0v) is 32.8. The van der Waals surface area contributed by atoms with Gasteiger partial charge in [-0.2, -0.15) is 0 Å². The summed E-state index contributed by atoms with van der Waals surface area (Å²) in [6, 6.07) is 69.3. The maximum absolute atomic E-state index is 2.39. The van der Waals surface area contributed by atoms with Gasteiger partial charge >= 0.3 is 0 Å². The summed E-state index contributed by atoms with van der Waals surface area (Å²) in [5.74, 6) is 0. The lowest BCUT2D eigenvalue weighted by molar-refractivity contribution is 1.28. The van der Waals surface area contributed by atoms with Crippen LogP contribution in [0.2, 0.25) is 0 Å². The summed E-state index contributed by atoms with van der Waals surface area (Å²) in [6.45, 7) is 8.94. The number of anilines is 3. The summed E-state index contributed by atoms with van der Waals surface area (Å²) >= 11 is 0. The molecule has 0 unspecified atom stereocenters. The van der Waals surface area contributed by atoms with Crippen LogP contribution in [0.3, 0.4) is 0 Å². The van der Waals surface area contributed by atoms with Gasteiger partial charge in [0, 0.05) is 17.1 Å². The quantitative estimate of drug-likeness (QED) is 0.154. The molecule has 10 aromatic carbocycles. The molecule has 0 radical (unpaired) electrons. The Kier molecular flexibility index (Phi) is 8.46. The van der Waals surface area contributed by atoms with Gasteiger partial charge in [-0.1, -0.05) is 146 Å². The van der Waals surface area contributed by atoms with Crippen LogP contribution in [0.4, 0.5) is 17.1 Å². The fourth-order valence-electron chi connectivity index (χ4n) is 9.03. The van der Waals surface area contributed by atoms with E-state index < -0.39 is 0 Å². The highest BCUT2D eigenvalue weighted by Crippen LogP contribution is 2.42. The molecule has 0 atom stereocenters. The third-order valence-corrected chi connectivity index (χ3v) is 12.2. The molecule has 10 rings (SSSR count). The van der Waals surface area contributed by atoms with Gasteiger partial charge < -0.3 is 4.90 Å². The molecule has 10 aromatic rings. The second-order valence-corrected chi connectivity index (χ2v) is 15.5. The van der Waals surface area contributed by atoms with Gasteiger partial charge in [-0.05, 0) is 169 Å². The fraction of sp³-hybridized carbons (Fsp3) is 0.0714. The summed E-state index contributed by atoms with van der Waals surface area (Å²) in [7, 11) is 0. The van der Waals surface area contributed by atoms with Gasteiger partial charge in [-0.3, -0.25) is 0 Å². The molecule has 0 spiro atoms. The Morgan fingerprint density at radius 2 is 0.561 bits per heavy atom. The maximum Gasteiger partial charge on any atom is 0.0462 e. The van der Waals surface area contributed by atoms with Gasteiger partial charge in [0.05, 0.1) is 0 Å². The van der Waals surface area contributed by atoms with E-state index in [-0.39, 0.29) is 0 Å². The van der Waals surface area contributed by atoms with E-state index in [0.717, 1.165) is 17.1 Å². The van der Waals surface area contributed by atoms with Gasteiger partial charge in [0.2, 0.25) is 0 Å². The van der Waals surface area contributed by atoms with Crippen molar-refractivity contribution >= 4 is 60.2 Å². The van der Waals surface area contributed by atoms with E-state index >= 15 is 0 Å². The van der Waals surface area contributed by atoms with Crippen LogP contribution < -0.4 is 4.90 Å². The van der Waals surface area contributed by atoms with Crippen molar-refractivity contribution in [2.24, 2.45) is 0 Å². The summed E-state index contributed by atoms with van der Waals surface area (Å²) in [4.78, 5) is 2.39. The third kappa shape index (κ3) is 5.95. The molecule has 0 N–H and O–H groups in total. The van der Waals surface area contributed by atoms with Gasteiger partial charge in [-0.15, -0.1) is 0 Å². The Morgan fingerprint density at radius 1 is 0.281 bits per heavy atom. The van der Waals surface area contributed by atoms with Crippen LogP contribution in [-0.4, -0.2) is 0 Å². The van der Waals surface area contributed by atoms with E-state index in [1.165, 1.54) is 98.7 Å². The van der Waals surface area contributed by atoms with Crippen molar-refractivity contribution in [1.29, 1.82) is 0 Å². The summed E-state index contributed by atoms with van der Waals surface area (Å²) < 4.78 is 0. The Morgan fingerprint density at radius 3 is 0.912 bits per heavy atom. The molecule has 0 saturated carbocycles. The van der Waals surface area contributed by atoms with E-state index in [9.17, 15) is 0 Å². The normalized spacial score (nSPS) is 11.5. The van der Waals surface area contributed by atoms with E-state index in [1.54, 1.807) is 0 Å². The minimum atomic E-state index is 1.11. The van der Waals surface area contributed by atoms with Gasteiger partial charge in [-0.25, -0.2) is 0 Å². The molecule has 0 aliphatic heterocycles. The highest BCUT2D eigenvalue weighted by Gasteiger charge is 2.18. The average molecular weight is 730 g/mol. The number of hydrogen-bond donors (Lipinski definition) is 0. The minimum Gasteiger partial charge on any atom is -0.311 e. The predicted octanol–water partition coefficient (Wildman–Crippen LogP) is 16.0. The Hall–Kier alpha value is -6.96. The number of aryl methyl sites for hydroxylation is 2. The first-order chi connectivity index (χ1) is 27.9. The molecular formula is C56H43N. The Labute approximate surface area is 335 Å². The SMILES string of the molecule is Cc1cc2ccccc2c(-c2ccc(N(c3ccc(-c4c(C)c(C)cc5ccccc45)cc3)c3ccc(-c4c5ccccc5cc5ccccc45)cc3)cc2)c1C. The van der Waals surface area contributed by atoms with Gasteiger partial charge in [0.1, 0.15) is 0 Å². The van der Waals surface area contributed by atoms with Crippen molar-refractivity contribution in [3.63, 3.8) is 0 Å². The minimum absolute atomic E-state index is 1.11. The van der Waals surface area contributed by atoms with Crippen LogP contribution in [0.15, 0.2) is 188 Å². The van der Waals surface area contributed by atoms with Gasteiger partial charge in [0.15, 0.2) is 0 Å². The number of nitrogens with zero attached hydrogens (tertiary/aromatic N) is 1. The van der Waals surface area contributed by atoms with E-state index in [1.807, 2.05) is 0 Å². The number of benzene rings is 10. The molecule has 0 fully saturated rings. The lowest BCUT2D eigenvalue weighted by atomic mass is 9.90. The number of fused-ring (bicyclic) bond motifs is 4. The maximum atomic E-state index is 2.39. The topological polar surface area (TPSA) is 3.24 Å². The summed E-state index contributed by atoms with van der Waals surface area (Å²) in [6.07, 6.45) is 0. The molecule has 57 heavy (non-hydrogen) atoms. The molecule has 0 heterocycles. The average Bonchev–Trinajstić information content (AvgIpc) is 3.25. The van der Waals surface area contributed by atoms with Crippen molar-refractivity contribution in [1.82, 2.24) is 0 Å². The van der Waals surface area contributed by atoms with E-state index in [0.29, 0.717) is 0 Å². The second kappa shape index (κ2) is 14.0. The first kappa shape index (κ1) is 34.5. The molecule has 0 bridgehead atoms. The molecule has 0 saturated heterocycles. The van der Waals surface area contributed by atoms with Crippen molar-refractivity contribution in [2.75, 3.05) is 4.90 Å². The van der Waals surface area contributed by atoms with Crippen molar-refractivity contribution in [2.45, 2.75) is 27.7 Å². The molecule has 0 aliphatic rings. The summed E-state index contributed by atoms with van der Waals surface area (Å²) in [5, 5.41) is 10.2. The van der Waals surface area contributed by atoms with Crippen LogP contribution in [0.1, 0.15) is 22.3 Å². The molecule has 0 aliphatic carbocycles. The highest BCUT2D eigenvalue weighted by molar-refractivity contribution is 6.13. The van der Waals surface area contributed by atoms with Crippen LogP contribution in [-0.2, 0) is 0 Å². The molecule has 0 amide bonds. The fourth-order valence-corrected chi connectivity index (χ4v) is 9.03. The Bertz CT molecular complexity index is 2940. The largest absolute Gasteiger partial charge is 0.311 e. The van der Waals surface area contributed by atoms with Crippen LogP contribution >= 0.6 is 0 Å². The van der Waals surface area contributed by atoms with E-state index in [4.69, 9.17) is 0 Å². The zero-order chi connectivity index (χ0) is 38.6. The van der Waals surface area contributed by atoms with Crippen LogP contribution in [0.5, 0.6) is 0 Å². The third-order valence-electron chi connectivity index (χ3n) is 12.2. The van der Waals surface area contributed by atoms with Crippen molar-refractivity contribution in [3.05, 3.63) is 210 Å². The number of rotatable bonds is 6. The standard InChI is InChI=1S/C56H43N/c1-36-33-43-13-5-9-17-50(43)54(38(36)3)40-21-27-47(28-22-40)57(48-29-23-41(24-30-48)55-39(4)37(2)34-44-14-6-10-18-51(44)55)49-31-25-42(26-32-49)56-52-19-11-7-15-45(52)35-46-16-8-12-20-53(46)56/h5-35H,1-4H3. The first-order valence-electron chi connectivity index (χ1n) is 19.9. The van der Waals surface area contributed by atoms with Crippen LogP contribution in [0.25, 0.3) is 76.5 Å². The monoisotopic (exact) mass is 729 g/mol. The number of hydrogen-bond acceptors (Lipinski definition) is 1. The molecule has 1 heteroatoms. The predicted molar refractivity (Wildman–Crippen MR) is 246 cm³/mol. The molecule has 1 nitrogen and oxygen atoms in total. The highest BCUT2D eigenvalue weighted by atomic mass is 15.1. The van der Waals surface area contributed by atoms with Crippen molar-refractivity contribution in [3.8, 4) is 33.4 Å². The lowest BCUT2D eigenvalue weighted by Crippen LogP contribution is -2.10. The van der Waals surface area contributed by atoms with E-state index in [2.05, 4.69) is 221 Å².